The van der Waals surface area contributed by atoms with Crippen molar-refractivity contribution in [3.05, 3.63) is 83.5 Å². The van der Waals surface area contributed by atoms with Crippen LogP contribution in [0.15, 0.2) is 77.9 Å². The maximum absolute atomic E-state index is 12.6. The third-order valence-electron chi connectivity index (χ3n) is 11.0. The fourth-order valence-electron chi connectivity index (χ4n) is 8.86. The van der Waals surface area contributed by atoms with Crippen molar-refractivity contribution in [2.75, 3.05) is 6.61 Å². The molecular weight excluding hydrogens is 512 g/mol. The Bertz CT molecular complexity index is 1200. The topological polar surface area (TPSA) is 87.0 Å². The molecule has 3 aliphatic carbocycles. The molecule has 1 aromatic carbocycles. The van der Waals surface area contributed by atoms with E-state index >= 15 is 0 Å². The average molecular weight is 561 g/mol. The molecule has 4 fully saturated rings. The monoisotopic (exact) mass is 560 g/mol. The smallest absolute Gasteiger partial charge is 0.334 e. The van der Waals surface area contributed by atoms with E-state index in [2.05, 4.69) is 51.3 Å². The molecule has 1 saturated heterocycles. The first-order valence-electron chi connectivity index (χ1n) is 15.7. The molecule has 41 heavy (non-hydrogen) atoms. The van der Waals surface area contributed by atoms with Crippen LogP contribution in [0.5, 0.6) is 0 Å². The summed E-state index contributed by atoms with van der Waals surface area (Å²) in [6.07, 6.45) is 11.1. The van der Waals surface area contributed by atoms with Gasteiger partial charge in [-0.2, -0.15) is 0 Å². The maximum atomic E-state index is 12.6. The fourth-order valence-corrected chi connectivity index (χ4v) is 8.86. The highest BCUT2D eigenvalue weighted by molar-refractivity contribution is 5.92. The Morgan fingerprint density at radius 2 is 1.88 bits per heavy atom. The van der Waals surface area contributed by atoms with Gasteiger partial charge in [0.25, 0.3) is 0 Å². The van der Waals surface area contributed by atoms with Crippen LogP contribution in [-0.4, -0.2) is 46.2 Å². The van der Waals surface area contributed by atoms with E-state index in [1.54, 1.807) is 0 Å². The summed E-state index contributed by atoms with van der Waals surface area (Å²) in [4.78, 5) is 12.6. The average Bonchev–Trinajstić information content (AvgIpc) is 3.45. The van der Waals surface area contributed by atoms with Crippen molar-refractivity contribution in [3.63, 3.8) is 0 Å². The van der Waals surface area contributed by atoms with Gasteiger partial charge in [-0.1, -0.05) is 75.1 Å². The summed E-state index contributed by atoms with van der Waals surface area (Å²) < 4.78 is 5.90. The summed E-state index contributed by atoms with van der Waals surface area (Å²) >= 11 is 0. The van der Waals surface area contributed by atoms with Crippen LogP contribution in [0.2, 0.25) is 0 Å². The molecule has 3 saturated carbocycles. The van der Waals surface area contributed by atoms with Gasteiger partial charge < -0.3 is 20.1 Å². The SMILES string of the molecule is C=C1/C(=C\C=C2/CCC[C@]3(C)[C@@H]([C@H](C)C[C@@H]4OC(=O)C(=C)[C@@H]4c4ccccc4)CC[C@@H]23)C[C@@H](O)[C@H](CCCO)[C@@H]1O. The van der Waals surface area contributed by atoms with Crippen LogP contribution in [0.3, 0.4) is 0 Å². The lowest BCUT2D eigenvalue weighted by Crippen LogP contribution is -2.38. The molecule has 222 valence electrons. The van der Waals surface area contributed by atoms with Crippen molar-refractivity contribution in [1.29, 1.82) is 0 Å². The number of esters is 1. The van der Waals surface area contributed by atoms with Crippen molar-refractivity contribution in [2.45, 2.75) is 95.9 Å². The van der Waals surface area contributed by atoms with E-state index < -0.39 is 12.2 Å². The van der Waals surface area contributed by atoms with Crippen LogP contribution in [0.1, 0.15) is 83.1 Å². The molecule has 1 aromatic rings. The number of rotatable bonds is 8. The van der Waals surface area contributed by atoms with E-state index in [1.165, 1.54) is 18.4 Å². The Hall–Kier alpha value is -2.47. The van der Waals surface area contributed by atoms with Crippen molar-refractivity contribution >= 4 is 5.97 Å². The highest BCUT2D eigenvalue weighted by atomic mass is 16.6. The molecule has 5 heteroatoms. The molecule has 1 aliphatic heterocycles. The van der Waals surface area contributed by atoms with E-state index in [0.29, 0.717) is 48.2 Å². The summed E-state index contributed by atoms with van der Waals surface area (Å²) in [6.45, 7) is 13.1. The van der Waals surface area contributed by atoms with Crippen molar-refractivity contribution in [1.82, 2.24) is 0 Å². The number of aliphatic hydroxyl groups excluding tert-OH is 3. The molecule has 0 bridgehead atoms. The molecule has 3 N–H and O–H groups in total. The number of fused-ring (bicyclic) bond motifs is 1. The minimum Gasteiger partial charge on any atom is -0.458 e. The van der Waals surface area contributed by atoms with Gasteiger partial charge >= 0.3 is 5.97 Å². The lowest BCUT2D eigenvalue weighted by molar-refractivity contribution is -0.139. The first kappa shape index (κ1) is 30.0. The zero-order valence-corrected chi connectivity index (χ0v) is 24.8. The third kappa shape index (κ3) is 5.78. The number of aliphatic hydroxyl groups is 3. The van der Waals surface area contributed by atoms with Crippen molar-refractivity contribution < 1.29 is 24.9 Å². The lowest BCUT2D eigenvalue weighted by Gasteiger charge is -2.45. The second-order valence-corrected chi connectivity index (χ2v) is 13.4. The van der Waals surface area contributed by atoms with Gasteiger partial charge in [0.05, 0.1) is 18.1 Å². The molecule has 0 unspecified atom stereocenters. The zero-order valence-electron chi connectivity index (χ0n) is 24.8. The highest BCUT2D eigenvalue weighted by Crippen LogP contribution is 2.60. The van der Waals surface area contributed by atoms with Crippen LogP contribution in [0.25, 0.3) is 0 Å². The second kappa shape index (κ2) is 12.4. The molecular formula is C36H48O5. The number of benzene rings is 1. The number of carbonyl (C=O) groups excluding carboxylic acids is 1. The maximum Gasteiger partial charge on any atom is 0.334 e. The number of carbonyl (C=O) groups is 1. The number of ether oxygens (including phenoxy) is 1. The summed E-state index contributed by atoms with van der Waals surface area (Å²) in [6, 6.07) is 10.2. The van der Waals surface area contributed by atoms with Gasteiger partial charge in [-0.15, -0.1) is 0 Å². The molecule has 1 heterocycles. The van der Waals surface area contributed by atoms with Crippen LogP contribution >= 0.6 is 0 Å². The minimum atomic E-state index is -0.774. The molecule has 0 spiro atoms. The summed E-state index contributed by atoms with van der Waals surface area (Å²) in [5.41, 5.74) is 4.98. The Balaban J connectivity index is 1.30. The van der Waals surface area contributed by atoms with E-state index in [1.807, 2.05) is 18.2 Å². The third-order valence-corrected chi connectivity index (χ3v) is 11.0. The number of hydrogen-bond acceptors (Lipinski definition) is 5. The van der Waals surface area contributed by atoms with Crippen molar-refractivity contribution in [2.24, 2.45) is 29.1 Å². The Morgan fingerprint density at radius 3 is 2.61 bits per heavy atom. The Kier molecular flexibility index (Phi) is 9.08. The molecule has 0 aromatic heterocycles. The van der Waals surface area contributed by atoms with Crippen LogP contribution in [-0.2, 0) is 9.53 Å². The molecule has 9 atom stereocenters. The van der Waals surface area contributed by atoms with E-state index in [4.69, 9.17) is 4.74 Å². The predicted molar refractivity (Wildman–Crippen MR) is 162 cm³/mol. The molecule has 0 radical (unpaired) electrons. The van der Waals surface area contributed by atoms with Gasteiger partial charge in [-0.3, -0.25) is 0 Å². The molecule has 5 nitrogen and oxygen atoms in total. The molecule has 4 aliphatic rings. The largest absolute Gasteiger partial charge is 0.458 e. The first-order valence-corrected chi connectivity index (χ1v) is 15.7. The van der Waals surface area contributed by atoms with Crippen LogP contribution < -0.4 is 0 Å². The van der Waals surface area contributed by atoms with E-state index in [-0.39, 0.29) is 35.9 Å². The normalized spacial score (nSPS) is 38.4. The Morgan fingerprint density at radius 1 is 1.12 bits per heavy atom. The van der Waals surface area contributed by atoms with Gasteiger partial charge in [-0.25, -0.2) is 4.79 Å². The number of hydrogen-bond donors (Lipinski definition) is 3. The van der Waals surface area contributed by atoms with Crippen LogP contribution in [0.4, 0.5) is 0 Å². The Labute approximate surface area is 245 Å². The van der Waals surface area contributed by atoms with Crippen molar-refractivity contribution in [3.8, 4) is 0 Å². The number of allylic oxidation sites excluding steroid dienone is 3. The summed E-state index contributed by atoms with van der Waals surface area (Å²) in [5, 5.41) is 30.8. The van der Waals surface area contributed by atoms with Gasteiger partial charge in [0, 0.05) is 18.1 Å². The summed E-state index contributed by atoms with van der Waals surface area (Å²) in [5.74, 6) is 0.858. The van der Waals surface area contributed by atoms with E-state index in [9.17, 15) is 20.1 Å². The number of cyclic esters (lactones) is 1. The fraction of sp³-hybridized carbons (Fsp3) is 0.583. The first-order chi connectivity index (χ1) is 19.7. The second-order valence-electron chi connectivity index (χ2n) is 13.4. The van der Waals surface area contributed by atoms with E-state index in [0.717, 1.165) is 36.8 Å². The van der Waals surface area contributed by atoms with Gasteiger partial charge in [-0.05, 0) is 97.7 Å². The quantitative estimate of drug-likeness (QED) is 0.252. The van der Waals surface area contributed by atoms with Crippen LogP contribution in [0, 0.1) is 29.1 Å². The highest BCUT2D eigenvalue weighted by Gasteiger charge is 2.52. The van der Waals surface area contributed by atoms with Gasteiger partial charge in [0.1, 0.15) is 6.10 Å². The standard InChI is InChI=1S/C36H48O5/c1-22(20-32-33(24(3)35(40)41-32)26-10-6-5-7-11-26)29-16-17-30-25(12-8-18-36(29,30)4)14-15-27-21-31(38)28(13-9-19-37)34(39)23(27)2/h5-7,10-11,14-15,22,28-34,37-39H,2-3,8-9,12-13,16-21H2,1,4H3/b25-14+,27-15-/t22-,28+,29-,30+,31-,32+,33-,34-,36-/m1/s1. The van der Waals surface area contributed by atoms with Gasteiger partial charge in [0.2, 0.25) is 0 Å². The zero-order chi connectivity index (χ0) is 29.3. The molecule has 5 rings (SSSR count). The predicted octanol–water partition coefficient (Wildman–Crippen LogP) is 6.42. The summed E-state index contributed by atoms with van der Waals surface area (Å²) in [7, 11) is 0. The molecule has 0 amide bonds. The minimum absolute atomic E-state index is 0.0612. The lowest BCUT2D eigenvalue weighted by atomic mass is 9.60. The van der Waals surface area contributed by atoms with Gasteiger partial charge in [0.15, 0.2) is 0 Å².